The van der Waals surface area contributed by atoms with E-state index in [1.165, 1.54) is 19.2 Å². The van der Waals surface area contributed by atoms with E-state index in [0.717, 1.165) is 48.8 Å². The summed E-state index contributed by atoms with van der Waals surface area (Å²) in [5.41, 5.74) is 0.680. The summed E-state index contributed by atoms with van der Waals surface area (Å²) in [6, 6.07) is 8.20. The molecule has 0 radical (unpaired) electrons. The second-order valence-electron chi connectivity index (χ2n) is 9.48. The number of amides is 1. The molecule has 0 spiro atoms. The first-order valence-electron chi connectivity index (χ1n) is 11.4. The Labute approximate surface area is 198 Å². The molecule has 180 valence electrons. The zero-order chi connectivity index (χ0) is 23.4. The number of hydrogen-bond donors (Lipinski definition) is 0. The zero-order valence-corrected chi connectivity index (χ0v) is 20.5. The van der Waals surface area contributed by atoms with Gasteiger partial charge in [-0.1, -0.05) is 5.16 Å². The normalized spacial score (nSPS) is 19.8. The molecule has 2 aliphatic heterocycles. The molecule has 4 rings (SSSR count). The van der Waals surface area contributed by atoms with E-state index < -0.39 is 5.60 Å². The molecule has 1 amide bonds. The lowest BCUT2D eigenvalue weighted by atomic mass is 9.96. The number of rotatable bonds is 6. The van der Waals surface area contributed by atoms with Gasteiger partial charge in [0.2, 0.25) is 5.89 Å². The third kappa shape index (κ3) is 6.18. The topological polar surface area (TPSA) is 90.2 Å². The van der Waals surface area contributed by atoms with Gasteiger partial charge in [0.25, 0.3) is 0 Å². The first-order chi connectivity index (χ1) is 15.8. The Bertz CT molecular complexity index is 922. The predicted octanol–water partition coefficient (Wildman–Crippen LogP) is 4.76. The lowest BCUT2D eigenvalue weighted by Gasteiger charge is -2.32. The highest BCUT2D eigenvalue weighted by Gasteiger charge is 2.32. The molecular weight excluding hydrogens is 444 g/mol. The molecular formula is C23H32N4O5S. The summed E-state index contributed by atoms with van der Waals surface area (Å²) >= 11 is 1.19. The Morgan fingerprint density at radius 3 is 2.45 bits per heavy atom. The summed E-state index contributed by atoms with van der Waals surface area (Å²) in [6.45, 7) is 8.73. The van der Waals surface area contributed by atoms with Gasteiger partial charge < -0.3 is 19.1 Å². The van der Waals surface area contributed by atoms with Crippen LogP contribution in [0, 0.1) is 0 Å². The maximum Gasteiger partial charge on any atom is 0.410 e. The van der Waals surface area contributed by atoms with E-state index in [1.807, 2.05) is 32.9 Å². The van der Waals surface area contributed by atoms with Crippen molar-refractivity contribution in [2.24, 2.45) is 0 Å². The van der Waals surface area contributed by atoms with Crippen LogP contribution in [0.5, 0.6) is 0 Å². The quantitative estimate of drug-likeness (QED) is 0.332. The second kappa shape index (κ2) is 10.3. The Hall–Kier alpha value is -2.30. The second-order valence-corrected chi connectivity index (χ2v) is 10.3. The SMILES string of the molecule is COOSc1ccc(N2CC[C@H](c3nc(C4CCN(C(=O)OC(C)(C)C)CC4)no3)C2)cc1. The van der Waals surface area contributed by atoms with Crippen LogP contribution in [0.25, 0.3) is 0 Å². The van der Waals surface area contributed by atoms with Gasteiger partial charge in [-0.25, -0.2) is 9.68 Å². The number of piperidine rings is 1. The summed E-state index contributed by atoms with van der Waals surface area (Å²) < 4.78 is 16.0. The molecule has 0 aliphatic carbocycles. The van der Waals surface area contributed by atoms with Crippen LogP contribution >= 0.6 is 12.0 Å². The van der Waals surface area contributed by atoms with E-state index in [1.54, 1.807) is 4.90 Å². The van der Waals surface area contributed by atoms with Crippen molar-refractivity contribution in [3.05, 3.63) is 36.0 Å². The van der Waals surface area contributed by atoms with E-state index in [4.69, 9.17) is 18.6 Å². The highest BCUT2D eigenvalue weighted by atomic mass is 32.2. The molecule has 33 heavy (non-hydrogen) atoms. The summed E-state index contributed by atoms with van der Waals surface area (Å²) in [7, 11) is 1.49. The van der Waals surface area contributed by atoms with Crippen molar-refractivity contribution in [3.63, 3.8) is 0 Å². The van der Waals surface area contributed by atoms with Crippen LogP contribution in [-0.2, 0) is 14.0 Å². The van der Waals surface area contributed by atoms with E-state index in [2.05, 4.69) is 27.1 Å². The predicted molar refractivity (Wildman–Crippen MR) is 124 cm³/mol. The molecule has 2 fully saturated rings. The fourth-order valence-electron chi connectivity index (χ4n) is 4.21. The van der Waals surface area contributed by atoms with Crippen molar-refractivity contribution in [1.29, 1.82) is 0 Å². The van der Waals surface area contributed by atoms with Crippen LogP contribution in [-0.4, -0.2) is 60.0 Å². The molecule has 0 saturated carbocycles. The van der Waals surface area contributed by atoms with E-state index in [9.17, 15) is 4.79 Å². The summed E-state index contributed by atoms with van der Waals surface area (Å²) in [5, 5.41) is 4.28. The lowest BCUT2D eigenvalue weighted by molar-refractivity contribution is -0.160. The highest BCUT2D eigenvalue weighted by Crippen LogP contribution is 2.33. The van der Waals surface area contributed by atoms with Gasteiger partial charge >= 0.3 is 6.09 Å². The minimum atomic E-state index is -0.481. The van der Waals surface area contributed by atoms with Crippen molar-refractivity contribution >= 4 is 23.8 Å². The highest BCUT2D eigenvalue weighted by molar-refractivity contribution is 7.94. The van der Waals surface area contributed by atoms with Crippen LogP contribution in [0.2, 0.25) is 0 Å². The molecule has 3 heterocycles. The Morgan fingerprint density at radius 1 is 1.09 bits per heavy atom. The van der Waals surface area contributed by atoms with Crippen LogP contribution in [0.4, 0.5) is 10.5 Å². The third-order valence-electron chi connectivity index (χ3n) is 5.91. The molecule has 2 saturated heterocycles. The van der Waals surface area contributed by atoms with Crippen LogP contribution in [0.1, 0.15) is 63.6 Å². The van der Waals surface area contributed by atoms with Gasteiger partial charge in [-0.05, 0) is 64.3 Å². The average molecular weight is 477 g/mol. The molecule has 0 N–H and O–H groups in total. The van der Waals surface area contributed by atoms with E-state index >= 15 is 0 Å². The molecule has 2 aromatic rings. The molecule has 10 heteroatoms. The standard InChI is InChI=1S/C23H32N4O5S/c1-23(2,3)30-22(28)26-12-9-16(10-13-26)20-24-21(31-25-20)17-11-14-27(15-17)18-5-7-19(8-6-18)33-32-29-4/h5-8,16-17H,9-15H2,1-4H3/t17-/m0/s1. The van der Waals surface area contributed by atoms with E-state index in [-0.39, 0.29) is 17.9 Å². The Morgan fingerprint density at radius 2 is 1.79 bits per heavy atom. The molecule has 2 aliphatic rings. The number of aromatic nitrogens is 2. The number of nitrogens with zero attached hydrogens (tertiary/aromatic N) is 4. The maximum absolute atomic E-state index is 12.3. The van der Waals surface area contributed by atoms with Gasteiger partial charge in [0, 0.05) is 42.7 Å². The first-order valence-corrected chi connectivity index (χ1v) is 12.1. The lowest BCUT2D eigenvalue weighted by Crippen LogP contribution is -2.41. The number of hydrogen-bond acceptors (Lipinski definition) is 9. The van der Waals surface area contributed by atoms with Crippen LogP contribution in [0.3, 0.4) is 0 Å². The van der Waals surface area contributed by atoms with E-state index in [0.29, 0.717) is 19.0 Å². The van der Waals surface area contributed by atoms with Crippen molar-refractivity contribution in [1.82, 2.24) is 15.0 Å². The van der Waals surface area contributed by atoms with Crippen molar-refractivity contribution < 1.29 is 23.3 Å². The molecule has 9 nitrogen and oxygen atoms in total. The zero-order valence-electron chi connectivity index (χ0n) is 19.7. The first kappa shape index (κ1) is 23.8. The number of benzene rings is 1. The molecule has 0 unspecified atom stereocenters. The van der Waals surface area contributed by atoms with Crippen molar-refractivity contribution in [3.8, 4) is 0 Å². The maximum atomic E-state index is 12.3. The van der Waals surface area contributed by atoms with Gasteiger partial charge in [0.1, 0.15) is 5.60 Å². The number of anilines is 1. The fraction of sp³-hybridized carbons (Fsp3) is 0.609. The summed E-state index contributed by atoms with van der Waals surface area (Å²) in [4.78, 5) is 26.7. The van der Waals surface area contributed by atoms with Gasteiger partial charge in [-0.15, -0.1) is 0 Å². The minimum Gasteiger partial charge on any atom is -0.444 e. The number of likely N-dealkylation sites (tertiary alicyclic amines) is 1. The third-order valence-corrected chi connectivity index (χ3v) is 6.58. The van der Waals surface area contributed by atoms with Gasteiger partial charge in [0.05, 0.1) is 25.1 Å². The Balaban J connectivity index is 1.29. The minimum absolute atomic E-state index is 0.207. The largest absolute Gasteiger partial charge is 0.444 e. The average Bonchev–Trinajstić information content (AvgIpc) is 3.47. The van der Waals surface area contributed by atoms with Gasteiger partial charge in [-0.2, -0.15) is 9.32 Å². The van der Waals surface area contributed by atoms with Gasteiger partial charge in [0.15, 0.2) is 5.82 Å². The van der Waals surface area contributed by atoms with Crippen molar-refractivity contribution in [2.45, 2.75) is 62.4 Å². The molecule has 1 aromatic heterocycles. The number of carbonyl (C=O) groups is 1. The smallest absolute Gasteiger partial charge is 0.410 e. The monoisotopic (exact) mass is 476 g/mol. The Kier molecular flexibility index (Phi) is 7.45. The summed E-state index contributed by atoms with van der Waals surface area (Å²) in [5.74, 6) is 1.89. The number of carbonyl (C=O) groups excluding carboxylic acids is 1. The van der Waals surface area contributed by atoms with Crippen molar-refractivity contribution in [2.75, 3.05) is 38.2 Å². The number of ether oxygens (including phenoxy) is 1. The molecule has 1 atom stereocenters. The molecule has 1 aromatic carbocycles. The summed E-state index contributed by atoms with van der Waals surface area (Å²) in [6.07, 6.45) is 2.35. The van der Waals surface area contributed by atoms with Crippen LogP contribution < -0.4 is 4.90 Å². The fourth-order valence-corrected chi connectivity index (χ4v) is 4.60. The molecule has 0 bridgehead atoms. The van der Waals surface area contributed by atoms with Crippen LogP contribution in [0.15, 0.2) is 33.7 Å². The van der Waals surface area contributed by atoms with Gasteiger partial charge in [-0.3, -0.25) is 0 Å².